The molecule has 2 nitrogen and oxygen atoms in total. The molecule has 0 amide bonds. The van der Waals surface area contributed by atoms with Gasteiger partial charge in [-0.3, -0.25) is 4.90 Å². The standard InChI is InChI=1S/C16H32N2S/c1-4-7-14-8-5-6-10-18(14)16(12-17)13-19-11-9-15(16,2)3/h14H,4-13,17H2,1-3H3. The number of nitrogens with zero attached hydrogens (tertiary/aromatic N) is 1. The van der Waals surface area contributed by atoms with Gasteiger partial charge in [0.2, 0.25) is 0 Å². The lowest BCUT2D eigenvalue weighted by Gasteiger charge is -2.59. The fourth-order valence-electron chi connectivity index (χ4n) is 4.12. The molecular formula is C16H32N2S. The van der Waals surface area contributed by atoms with E-state index in [2.05, 4.69) is 37.4 Å². The van der Waals surface area contributed by atoms with Gasteiger partial charge in [0.05, 0.1) is 0 Å². The lowest BCUT2D eigenvalue weighted by molar-refractivity contribution is -0.0461. The third-order valence-corrected chi connectivity index (χ3v) is 6.78. The molecule has 0 aliphatic carbocycles. The van der Waals surface area contributed by atoms with Gasteiger partial charge in [-0.05, 0) is 43.4 Å². The third-order valence-electron chi connectivity index (χ3n) is 5.61. The van der Waals surface area contributed by atoms with Crippen molar-refractivity contribution in [1.82, 2.24) is 4.90 Å². The molecule has 2 fully saturated rings. The molecule has 2 heterocycles. The van der Waals surface area contributed by atoms with Crippen LogP contribution in [0.2, 0.25) is 0 Å². The molecule has 2 atom stereocenters. The summed E-state index contributed by atoms with van der Waals surface area (Å²) >= 11 is 2.12. The molecule has 0 bridgehead atoms. The van der Waals surface area contributed by atoms with Crippen LogP contribution < -0.4 is 5.73 Å². The Hall–Kier alpha value is 0.270. The van der Waals surface area contributed by atoms with Crippen molar-refractivity contribution in [2.75, 3.05) is 24.6 Å². The van der Waals surface area contributed by atoms with E-state index >= 15 is 0 Å². The molecule has 0 aromatic heterocycles. The molecule has 0 spiro atoms. The van der Waals surface area contributed by atoms with Gasteiger partial charge in [0, 0.05) is 23.9 Å². The lowest BCUT2D eigenvalue weighted by atomic mass is 9.68. The van der Waals surface area contributed by atoms with Gasteiger partial charge >= 0.3 is 0 Å². The number of hydrogen-bond donors (Lipinski definition) is 1. The predicted octanol–water partition coefficient (Wildman–Crippen LogP) is 3.50. The Morgan fingerprint density at radius 2 is 2.11 bits per heavy atom. The topological polar surface area (TPSA) is 29.3 Å². The number of likely N-dealkylation sites (tertiary alicyclic amines) is 1. The first-order chi connectivity index (χ1) is 9.07. The van der Waals surface area contributed by atoms with Crippen molar-refractivity contribution in [3.8, 4) is 0 Å². The maximum atomic E-state index is 6.35. The van der Waals surface area contributed by atoms with Gasteiger partial charge in [-0.2, -0.15) is 11.8 Å². The molecule has 0 radical (unpaired) electrons. The molecule has 2 unspecified atom stereocenters. The second-order valence-electron chi connectivity index (χ2n) is 7.05. The summed E-state index contributed by atoms with van der Waals surface area (Å²) in [4.78, 5) is 2.84. The van der Waals surface area contributed by atoms with Crippen molar-refractivity contribution in [3.05, 3.63) is 0 Å². The van der Waals surface area contributed by atoms with Crippen molar-refractivity contribution in [3.63, 3.8) is 0 Å². The van der Waals surface area contributed by atoms with Crippen LogP contribution in [0.3, 0.4) is 0 Å². The van der Waals surface area contributed by atoms with Crippen LogP contribution in [0, 0.1) is 5.41 Å². The molecule has 0 aromatic rings. The average Bonchev–Trinajstić information content (AvgIpc) is 2.40. The summed E-state index contributed by atoms with van der Waals surface area (Å²) in [6.45, 7) is 9.33. The Morgan fingerprint density at radius 3 is 2.74 bits per heavy atom. The molecule has 112 valence electrons. The van der Waals surface area contributed by atoms with Crippen LogP contribution in [0.1, 0.15) is 59.3 Å². The summed E-state index contributed by atoms with van der Waals surface area (Å²) in [6, 6.07) is 0.778. The van der Waals surface area contributed by atoms with Crippen LogP contribution >= 0.6 is 11.8 Å². The number of thioether (sulfide) groups is 1. The first kappa shape index (κ1) is 15.7. The van der Waals surface area contributed by atoms with Gasteiger partial charge in [-0.15, -0.1) is 0 Å². The minimum Gasteiger partial charge on any atom is -0.329 e. The second-order valence-corrected chi connectivity index (χ2v) is 8.16. The molecule has 0 aromatic carbocycles. The van der Waals surface area contributed by atoms with Crippen molar-refractivity contribution < 1.29 is 0 Å². The number of rotatable bonds is 4. The van der Waals surface area contributed by atoms with Crippen LogP contribution in [0.4, 0.5) is 0 Å². The molecule has 0 saturated carbocycles. The van der Waals surface area contributed by atoms with E-state index in [0.717, 1.165) is 12.6 Å². The summed E-state index contributed by atoms with van der Waals surface area (Å²) in [7, 11) is 0. The maximum Gasteiger partial charge on any atom is 0.0475 e. The highest BCUT2D eigenvalue weighted by Gasteiger charge is 2.51. The van der Waals surface area contributed by atoms with Crippen molar-refractivity contribution in [1.29, 1.82) is 0 Å². The van der Waals surface area contributed by atoms with Gasteiger partial charge in [0.15, 0.2) is 0 Å². The highest BCUT2D eigenvalue weighted by Crippen LogP contribution is 2.47. The molecule has 19 heavy (non-hydrogen) atoms. The summed E-state index contributed by atoms with van der Waals surface area (Å²) in [5, 5.41) is 0. The first-order valence-electron chi connectivity index (χ1n) is 8.12. The zero-order chi connectivity index (χ0) is 13.9. The molecule has 2 aliphatic heterocycles. The quantitative estimate of drug-likeness (QED) is 0.857. The minimum atomic E-state index is 0.232. The summed E-state index contributed by atoms with van der Waals surface area (Å²) in [5.41, 5.74) is 6.94. The number of nitrogens with two attached hydrogens (primary N) is 1. The van der Waals surface area contributed by atoms with E-state index in [1.807, 2.05) is 0 Å². The van der Waals surface area contributed by atoms with E-state index < -0.39 is 0 Å². The van der Waals surface area contributed by atoms with Crippen LogP contribution in [0.5, 0.6) is 0 Å². The maximum absolute atomic E-state index is 6.35. The van der Waals surface area contributed by atoms with Crippen molar-refractivity contribution in [2.45, 2.75) is 70.9 Å². The largest absolute Gasteiger partial charge is 0.329 e. The van der Waals surface area contributed by atoms with Gasteiger partial charge in [0.1, 0.15) is 0 Å². The van der Waals surface area contributed by atoms with Crippen LogP contribution in [-0.2, 0) is 0 Å². The Labute approximate surface area is 123 Å². The average molecular weight is 285 g/mol. The zero-order valence-corrected chi connectivity index (χ0v) is 13.9. The van der Waals surface area contributed by atoms with E-state index in [1.54, 1.807) is 0 Å². The third kappa shape index (κ3) is 2.84. The van der Waals surface area contributed by atoms with Crippen molar-refractivity contribution >= 4 is 11.8 Å². The monoisotopic (exact) mass is 284 g/mol. The molecule has 2 saturated heterocycles. The van der Waals surface area contributed by atoms with E-state index in [1.165, 1.54) is 56.6 Å². The molecule has 2 rings (SSSR count). The molecular weight excluding hydrogens is 252 g/mol. The van der Waals surface area contributed by atoms with Gasteiger partial charge in [-0.25, -0.2) is 0 Å². The molecule has 2 N–H and O–H groups in total. The summed E-state index contributed by atoms with van der Waals surface area (Å²) < 4.78 is 0. The van der Waals surface area contributed by atoms with Crippen LogP contribution in [0.25, 0.3) is 0 Å². The SMILES string of the molecule is CCCC1CCCCN1C1(CN)CSCCC1(C)C. The highest BCUT2D eigenvalue weighted by molar-refractivity contribution is 7.99. The number of piperidine rings is 1. The summed E-state index contributed by atoms with van der Waals surface area (Å²) in [5.74, 6) is 2.54. The van der Waals surface area contributed by atoms with Gasteiger partial charge < -0.3 is 5.73 Å². The Kier molecular flexibility index (Phi) is 5.24. The Bertz CT molecular complexity index is 290. The zero-order valence-electron chi connectivity index (χ0n) is 13.1. The Balaban J connectivity index is 2.26. The summed E-state index contributed by atoms with van der Waals surface area (Å²) in [6.07, 6.45) is 8.12. The van der Waals surface area contributed by atoms with E-state index in [0.29, 0.717) is 5.41 Å². The Morgan fingerprint density at radius 1 is 1.32 bits per heavy atom. The van der Waals surface area contributed by atoms with E-state index in [-0.39, 0.29) is 5.54 Å². The van der Waals surface area contributed by atoms with E-state index in [9.17, 15) is 0 Å². The molecule has 3 heteroatoms. The van der Waals surface area contributed by atoms with Crippen LogP contribution in [-0.4, -0.2) is 41.1 Å². The van der Waals surface area contributed by atoms with Crippen LogP contribution in [0.15, 0.2) is 0 Å². The smallest absolute Gasteiger partial charge is 0.0475 e. The van der Waals surface area contributed by atoms with Crippen molar-refractivity contribution in [2.24, 2.45) is 11.1 Å². The minimum absolute atomic E-state index is 0.232. The highest BCUT2D eigenvalue weighted by atomic mass is 32.2. The lowest BCUT2D eigenvalue weighted by Crippen LogP contribution is -2.68. The fraction of sp³-hybridized carbons (Fsp3) is 1.00. The normalized spacial score (nSPS) is 36.3. The number of hydrogen-bond acceptors (Lipinski definition) is 3. The predicted molar refractivity (Wildman–Crippen MR) is 86.8 cm³/mol. The van der Waals surface area contributed by atoms with Gasteiger partial charge in [0.25, 0.3) is 0 Å². The fourth-order valence-corrected chi connectivity index (χ4v) is 5.93. The molecule has 2 aliphatic rings. The van der Waals surface area contributed by atoms with Gasteiger partial charge in [-0.1, -0.05) is 33.6 Å². The second kappa shape index (κ2) is 6.36. The first-order valence-corrected chi connectivity index (χ1v) is 9.27. The van der Waals surface area contributed by atoms with E-state index in [4.69, 9.17) is 5.73 Å².